The maximum Gasteiger partial charge on any atom is 0.488 e. The number of halogens is 1. The van der Waals surface area contributed by atoms with Gasteiger partial charge < -0.3 is 9.29 Å². The molecule has 0 atom stereocenters. The van der Waals surface area contributed by atoms with E-state index >= 15 is 0 Å². The van der Waals surface area contributed by atoms with Gasteiger partial charge in [0.25, 0.3) is 0 Å². The summed E-state index contributed by atoms with van der Waals surface area (Å²) in [5.74, 6) is -1.50. The molecule has 0 aliphatic heterocycles. The standard InChI is InChI=1S/C8H7FO5S2/c9-16(12,13)14-7-2-5(4-15)1-6(3-7)8(10)11/h1-3,15H,4H2,(H,10,11). The van der Waals surface area contributed by atoms with Gasteiger partial charge in [-0.1, -0.05) is 3.89 Å². The number of hydrogen-bond donors (Lipinski definition) is 2. The SMILES string of the molecule is O=C(O)c1cc(CS)cc(OS(=O)(=O)F)c1. The van der Waals surface area contributed by atoms with E-state index in [-0.39, 0.29) is 11.3 Å². The summed E-state index contributed by atoms with van der Waals surface area (Å²) in [5.41, 5.74) is 0.201. The van der Waals surface area contributed by atoms with E-state index in [2.05, 4.69) is 16.8 Å². The minimum absolute atomic E-state index is 0.170. The number of carboxylic acids is 1. The number of carbonyl (C=O) groups is 1. The molecule has 0 spiro atoms. The molecule has 1 aromatic carbocycles. The van der Waals surface area contributed by atoms with Crippen LogP contribution in [0.5, 0.6) is 5.75 Å². The van der Waals surface area contributed by atoms with E-state index in [1.54, 1.807) is 0 Å². The van der Waals surface area contributed by atoms with Gasteiger partial charge in [-0.25, -0.2) is 4.79 Å². The number of hydrogen-bond acceptors (Lipinski definition) is 5. The van der Waals surface area contributed by atoms with Crippen LogP contribution >= 0.6 is 12.6 Å². The molecule has 1 aromatic rings. The Labute approximate surface area is 96.7 Å². The molecular weight excluding hydrogens is 259 g/mol. The fourth-order valence-electron chi connectivity index (χ4n) is 1.04. The highest BCUT2D eigenvalue weighted by Crippen LogP contribution is 2.20. The monoisotopic (exact) mass is 266 g/mol. The van der Waals surface area contributed by atoms with Crippen molar-refractivity contribution in [1.82, 2.24) is 0 Å². The Morgan fingerprint density at radius 2 is 2.06 bits per heavy atom. The van der Waals surface area contributed by atoms with Gasteiger partial charge in [0.15, 0.2) is 0 Å². The van der Waals surface area contributed by atoms with E-state index < -0.39 is 22.2 Å². The normalized spacial score (nSPS) is 11.1. The van der Waals surface area contributed by atoms with Crippen LogP contribution in [0.3, 0.4) is 0 Å². The molecule has 0 radical (unpaired) electrons. The lowest BCUT2D eigenvalue weighted by Crippen LogP contribution is -2.04. The Morgan fingerprint density at radius 3 is 2.50 bits per heavy atom. The summed E-state index contributed by atoms with van der Waals surface area (Å²) >= 11 is 3.89. The second-order valence-corrected chi connectivity index (χ2v) is 4.07. The Bertz CT molecular complexity index is 511. The lowest BCUT2D eigenvalue weighted by molar-refractivity contribution is 0.0696. The summed E-state index contributed by atoms with van der Waals surface area (Å²) in [6.07, 6.45) is 0. The van der Waals surface area contributed by atoms with Gasteiger partial charge in [-0.3, -0.25) is 0 Å². The molecular formula is C8H7FO5S2. The highest BCUT2D eigenvalue weighted by molar-refractivity contribution is 7.81. The zero-order valence-corrected chi connectivity index (χ0v) is 9.46. The summed E-state index contributed by atoms with van der Waals surface area (Å²) in [5, 5.41) is 8.70. The molecule has 0 aliphatic carbocycles. The molecule has 0 aromatic heterocycles. The highest BCUT2D eigenvalue weighted by Gasteiger charge is 2.13. The summed E-state index contributed by atoms with van der Waals surface area (Å²) < 4.78 is 36.6. The third-order valence-electron chi connectivity index (χ3n) is 1.59. The van der Waals surface area contributed by atoms with Crippen molar-refractivity contribution in [2.75, 3.05) is 0 Å². The van der Waals surface area contributed by atoms with E-state index in [4.69, 9.17) is 5.11 Å². The van der Waals surface area contributed by atoms with Gasteiger partial charge >= 0.3 is 16.5 Å². The van der Waals surface area contributed by atoms with Crippen molar-refractivity contribution in [2.45, 2.75) is 5.75 Å². The third-order valence-corrected chi connectivity index (χ3v) is 2.35. The van der Waals surface area contributed by atoms with Crippen LogP contribution in [0.2, 0.25) is 0 Å². The minimum atomic E-state index is -5.16. The summed E-state index contributed by atoms with van der Waals surface area (Å²) in [6, 6.07) is 3.38. The molecule has 0 saturated heterocycles. The second-order valence-electron chi connectivity index (χ2n) is 2.81. The van der Waals surface area contributed by atoms with Crippen molar-refractivity contribution < 1.29 is 26.4 Å². The third kappa shape index (κ3) is 3.70. The summed E-state index contributed by atoms with van der Waals surface area (Å²) in [7, 11) is -5.16. The second kappa shape index (κ2) is 4.71. The number of thiol groups is 1. The molecule has 8 heteroatoms. The van der Waals surface area contributed by atoms with Crippen molar-refractivity contribution in [3.05, 3.63) is 29.3 Å². The smallest absolute Gasteiger partial charge is 0.478 e. The van der Waals surface area contributed by atoms with Crippen molar-refractivity contribution in [3.63, 3.8) is 0 Å². The predicted molar refractivity (Wildman–Crippen MR) is 56.7 cm³/mol. The summed E-state index contributed by atoms with van der Waals surface area (Å²) in [6.45, 7) is 0. The minimum Gasteiger partial charge on any atom is -0.478 e. The van der Waals surface area contributed by atoms with Crippen LogP contribution in [-0.4, -0.2) is 19.5 Å². The topological polar surface area (TPSA) is 80.7 Å². The highest BCUT2D eigenvalue weighted by atomic mass is 32.3. The molecule has 1 rings (SSSR count). The number of benzene rings is 1. The van der Waals surface area contributed by atoms with E-state index in [0.29, 0.717) is 5.56 Å². The number of aromatic carboxylic acids is 1. The zero-order chi connectivity index (χ0) is 12.3. The first-order valence-corrected chi connectivity index (χ1v) is 5.88. The van der Waals surface area contributed by atoms with Gasteiger partial charge in [0.1, 0.15) is 5.75 Å². The molecule has 0 amide bonds. The Hall–Kier alpha value is -1.28. The molecule has 1 N–H and O–H groups in total. The van der Waals surface area contributed by atoms with Gasteiger partial charge in [0.05, 0.1) is 5.56 Å². The van der Waals surface area contributed by atoms with E-state index in [1.807, 2.05) is 0 Å². The number of carboxylic acid groups (broad SMARTS) is 1. The molecule has 16 heavy (non-hydrogen) atoms. The van der Waals surface area contributed by atoms with Gasteiger partial charge in [-0.2, -0.15) is 21.0 Å². The van der Waals surface area contributed by atoms with Crippen LogP contribution in [0, 0.1) is 0 Å². The van der Waals surface area contributed by atoms with Gasteiger partial charge in [0.2, 0.25) is 0 Å². The molecule has 88 valence electrons. The van der Waals surface area contributed by atoms with Crippen LogP contribution in [-0.2, 0) is 16.3 Å². The lowest BCUT2D eigenvalue weighted by atomic mass is 10.1. The number of rotatable bonds is 4. The maximum absolute atomic E-state index is 12.2. The van der Waals surface area contributed by atoms with Crippen LogP contribution in [0.4, 0.5) is 3.89 Å². The molecule has 0 heterocycles. The molecule has 0 fully saturated rings. The molecule has 0 bridgehead atoms. The molecule has 5 nitrogen and oxygen atoms in total. The quantitative estimate of drug-likeness (QED) is 0.636. The Morgan fingerprint density at radius 1 is 1.44 bits per heavy atom. The first-order valence-electron chi connectivity index (χ1n) is 3.94. The Balaban J connectivity index is 3.19. The maximum atomic E-state index is 12.2. The largest absolute Gasteiger partial charge is 0.488 e. The average molecular weight is 266 g/mol. The molecule has 0 saturated carbocycles. The molecule has 0 aliphatic rings. The average Bonchev–Trinajstić information content (AvgIpc) is 2.14. The van der Waals surface area contributed by atoms with Crippen LogP contribution in [0.1, 0.15) is 15.9 Å². The van der Waals surface area contributed by atoms with Gasteiger partial charge in [-0.05, 0) is 23.8 Å². The van der Waals surface area contributed by atoms with E-state index in [1.165, 1.54) is 12.1 Å². The van der Waals surface area contributed by atoms with Crippen molar-refractivity contribution in [1.29, 1.82) is 0 Å². The molecule has 0 unspecified atom stereocenters. The Kier molecular flexibility index (Phi) is 3.76. The first-order chi connectivity index (χ1) is 7.31. The van der Waals surface area contributed by atoms with Crippen LogP contribution in [0.15, 0.2) is 18.2 Å². The lowest BCUT2D eigenvalue weighted by Gasteiger charge is -2.04. The van der Waals surface area contributed by atoms with Crippen molar-refractivity contribution in [3.8, 4) is 5.75 Å². The van der Waals surface area contributed by atoms with Crippen molar-refractivity contribution >= 4 is 29.1 Å². The van der Waals surface area contributed by atoms with E-state index in [9.17, 15) is 17.1 Å². The fraction of sp³-hybridized carbons (Fsp3) is 0.125. The van der Waals surface area contributed by atoms with Gasteiger partial charge in [-0.15, -0.1) is 0 Å². The van der Waals surface area contributed by atoms with Crippen LogP contribution in [0.25, 0.3) is 0 Å². The van der Waals surface area contributed by atoms with Crippen LogP contribution < -0.4 is 4.18 Å². The summed E-state index contributed by atoms with van der Waals surface area (Å²) in [4.78, 5) is 10.7. The first kappa shape index (κ1) is 12.8. The van der Waals surface area contributed by atoms with E-state index in [0.717, 1.165) is 6.07 Å². The zero-order valence-electron chi connectivity index (χ0n) is 7.75. The van der Waals surface area contributed by atoms with Gasteiger partial charge in [0, 0.05) is 5.75 Å². The fourth-order valence-corrected chi connectivity index (χ4v) is 1.55. The van der Waals surface area contributed by atoms with Crippen molar-refractivity contribution in [2.24, 2.45) is 0 Å². The predicted octanol–water partition coefficient (Wildman–Crippen LogP) is 1.41.